The molecule has 94 valence electrons. The number of aryl methyl sites for hydroxylation is 1. The quantitative estimate of drug-likeness (QED) is 0.713. The van der Waals surface area contributed by atoms with E-state index in [0.29, 0.717) is 0 Å². The lowest BCUT2D eigenvalue weighted by molar-refractivity contribution is 0.858. The van der Waals surface area contributed by atoms with Crippen LogP contribution in [0.25, 0.3) is 21.7 Å². The Kier molecular flexibility index (Phi) is 3.17. The summed E-state index contributed by atoms with van der Waals surface area (Å²) in [6.45, 7) is 2.08. The van der Waals surface area contributed by atoms with Crippen LogP contribution in [0.2, 0.25) is 0 Å². The molecule has 0 spiro atoms. The first-order chi connectivity index (χ1) is 9.24. The highest BCUT2D eigenvalue weighted by atomic mass is 79.9. The predicted octanol–water partition coefficient (Wildman–Crippen LogP) is 4.09. The van der Waals surface area contributed by atoms with E-state index in [0.717, 1.165) is 21.2 Å². The fourth-order valence-electron chi connectivity index (χ4n) is 1.89. The summed E-state index contributed by atoms with van der Waals surface area (Å²) in [6, 6.07) is 16.2. The molecule has 0 aliphatic rings. The Labute approximate surface area is 119 Å². The first kappa shape index (κ1) is 12.1. The van der Waals surface area contributed by atoms with Crippen LogP contribution in [0.5, 0.6) is 0 Å². The van der Waals surface area contributed by atoms with Crippen molar-refractivity contribution < 1.29 is 0 Å². The van der Waals surface area contributed by atoms with E-state index in [4.69, 9.17) is 0 Å². The number of hydrogen-bond acceptors (Lipinski definition) is 2. The highest BCUT2D eigenvalue weighted by molar-refractivity contribution is 9.15. The normalized spacial score (nSPS) is 12.0. The molecular weight excluding hydrogens is 302 g/mol. The van der Waals surface area contributed by atoms with Crippen LogP contribution in [0.4, 0.5) is 0 Å². The molecule has 0 aliphatic heterocycles. The molecule has 3 nitrogen and oxygen atoms in total. The van der Waals surface area contributed by atoms with Crippen LogP contribution in [0.15, 0.2) is 48.5 Å². The number of aromatic nitrogens is 3. The van der Waals surface area contributed by atoms with Gasteiger partial charge in [0.25, 0.3) is 0 Å². The number of nitrogens with zero attached hydrogens (tertiary/aromatic N) is 3. The molecule has 0 bridgehead atoms. The Balaban J connectivity index is 2.03. The number of halogens is 1. The molecule has 0 N–H and O–H groups in total. The summed E-state index contributed by atoms with van der Waals surface area (Å²) >= 11 is 3.56. The molecule has 2 aromatic carbocycles. The van der Waals surface area contributed by atoms with Gasteiger partial charge in [-0.05, 0) is 46.6 Å². The van der Waals surface area contributed by atoms with Gasteiger partial charge in [0.05, 0.1) is 5.52 Å². The molecule has 19 heavy (non-hydrogen) atoms. The Morgan fingerprint density at radius 3 is 2.63 bits per heavy atom. The number of benzene rings is 2. The molecule has 0 amide bonds. The van der Waals surface area contributed by atoms with Gasteiger partial charge in [-0.2, -0.15) is 0 Å². The van der Waals surface area contributed by atoms with Gasteiger partial charge < -0.3 is 0 Å². The predicted molar refractivity (Wildman–Crippen MR) is 81.8 cm³/mol. The Morgan fingerprint density at radius 1 is 1.11 bits per heavy atom. The van der Waals surface area contributed by atoms with Gasteiger partial charge in [0, 0.05) is 0 Å². The molecule has 1 aromatic heterocycles. The monoisotopic (exact) mass is 313 g/mol. The largest absolute Gasteiger partial charge is 0.206 e. The van der Waals surface area contributed by atoms with Gasteiger partial charge in [-0.3, -0.25) is 0 Å². The van der Waals surface area contributed by atoms with Crippen molar-refractivity contribution in [3.05, 3.63) is 59.7 Å². The number of hydrogen-bond donors (Lipinski definition) is 0. The molecule has 0 fully saturated rings. The molecule has 0 unspecified atom stereocenters. The van der Waals surface area contributed by atoms with Gasteiger partial charge in [0.1, 0.15) is 10.1 Å². The molecular formula is C15H12BrN3. The first-order valence-electron chi connectivity index (χ1n) is 5.99. The van der Waals surface area contributed by atoms with Crippen molar-refractivity contribution in [1.82, 2.24) is 15.0 Å². The Hall–Kier alpha value is -1.94. The Bertz CT molecular complexity index is 741. The summed E-state index contributed by atoms with van der Waals surface area (Å²) in [5, 5.41) is 8.30. The van der Waals surface area contributed by atoms with E-state index in [2.05, 4.69) is 57.4 Å². The third-order valence-corrected chi connectivity index (χ3v) is 3.48. The van der Waals surface area contributed by atoms with Crippen LogP contribution in [0, 0.1) is 6.92 Å². The highest BCUT2D eigenvalue weighted by Crippen LogP contribution is 2.21. The summed E-state index contributed by atoms with van der Waals surface area (Å²) < 4.78 is 2.65. The second-order valence-corrected chi connectivity index (χ2v) is 5.18. The van der Waals surface area contributed by atoms with Crippen molar-refractivity contribution in [1.29, 1.82) is 0 Å². The molecule has 0 saturated carbocycles. The van der Waals surface area contributed by atoms with Gasteiger partial charge in [-0.25, -0.2) is 4.68 Å². The van der Waals surface area contributed by atoms with Crippen molar-refractivity contribution in [3.63, 3.8) is 0 Å². The zero-order chi connectivity index (χ0) is 13.2. The zero-order valence-electron chi connectivity index (χ0n) is 10.4. The average molecular weight is 314 g/mol. The minimum atomic E-state index is 0.866. The van der Waals surface area contributed by atoms with E-state index in [1.807, 2.05) is 30.3 Å². The molecule has 0 radical (unpaired) electrons. The standard InChI is InChI=1S/C15H12BrN3/c1-11-6-8-12(9-7-11)10-15(16)19-14-5-3-2-4-13(14)17-18-19/h2-10H,1H3/b15-10+. The average Bonchev–Trinajstić information content (AvgIpc) is 2.85. The van der Waals surface area contributed by atoms with Gasteiger partial charge >= 0.3 is 0 Å². The highest BCUT2D eigenvalue weighted by Gasteiger charge is 2.05. The number of fused-ring (bicyclic) bond motifs is 1. The minimum Gasteiger partial charge on any atom is -0.206 e. The summed E-state index contributed by atoms with van der Waals surface area (Å²) in [7, 11) is 0. The molecule has 4 heteroatoms. The summed E-state index contributed by atoms with van der Waals surface area (Å²) in [6.07, 6.45) is 2.03. The summed E-state index contributed by atoms with van der Waals surface area (Å²) in [4.78, 5) is 0. The lowest BCUT2D eigenvalue weighted by atomic mass is 10.1. The molecule has 1 heterocycles. The third kappa shape index (κ3) is 2.44. The van der Waals surface area contributed by atoms with Gasteiger partial charge in [0.15, 0.2) is 0 Å². The van der Waals surface area contributed by atoms with E-state index in [1.54, 1.807) is 4.68 Å². The van der Waals surface area contributed by atoms with Crippen LogP contribution in [-0.2, 0) is 0 Å². The molecule has 3 aromatic rings. The van der Waals surface area contributed by atoms with Crippen LogP contribution in [0.3, 0.4) is 0 Å². The maximum Gasteiger partial charge on any atom is 0.113 e. The zero-order valence-corrected chi connectivity index (χ0v) is 12.0. The van der Waals surface area contributed by atoms with Crippen LogP contribution in [-0.4, -0.2) is 15.0 Å². The molecule has 0 atom stereocenters. The van der Waals surface area contributed by atoms with E-state index >= 15 is 0 Å². The van der Waals surface area contributed by atoms with E-state index < -0.39 is 0 Å². The lowest BCUT2D eigenvalue weighted by Crippen LogP contribution is -1.93. The molecule has 0 aliphatic carbocycles. The lowest BCUT2D eigenvalue weighted by Gasteiger charge is -2.01. The van der Waals surface area contributed by atoms with Crippen molar-refractivity contribution in [2.45, 2.75) is 6.92 Å². The van der Waals surface area contributed by atoms with Gasteiger partial charge in [-0.15, -0.1) is 5.10 Å². The Morgan fingerprint density at radius 2 is 1.84 bits per heavy atom. The van der Waals surface area contributed by atoms with E-state index in [1.165, 1.54) is 5.56 Å². The summed E-state index contributed by atoms with van der Waals surface area (Å²) in [5.74, 6) is 0. The second-order valence-electron chi connectivity index (χ2n) is 4.37. The van der Waals surface area contributed by atoms with Crippen molar-refractivity contribution in [2.75, 3.05) is 0 Å². The second kappa shape index (κ2) is 4.97. The van der Waals surface area contributed by atoms with Gasteiger partial charge in [-0.1, -0.05) is 47.2 Å². The smallest absolute Gasteiger partial charge is 0.113 e. The molecule has 3 rings (SSSR count). The van der Waals surface area contributed by atoms with Crippen LogP contribution < -0.4 is 0 Å². The fourth-order valence-corrected chi connectivity index (χ4v) is 2.41. The molecule has 0 saturated heterocycles. The van der Waals surface area contributed by atoms with E-state index in [9.17, 15) is 0 Å². The fraction of sp³-hybridized carbons (Fsp3) is 0.0667. The van der Waals surface area contributed by atoms with E-state index in [-0.39, 0.29) is 0 Å². The van der Waals surface area contributed by atoms with Gasteiger partial charge in [0.2, 0.25) is 0 Å². The summed E-state index contributed by atoms with van der Waals surface area (Å²) in [5.41, 5.74) is 4.24. The first-order valence-corrected chi connectivity index (χ1v) is 6.78. The van der Waals surface area contributed by atoms with Crippen molar-refractivity contribution in [3.8, 4) is 0 Å². The number of para-hydroxylation sites is 1. The van der Waals surface area contributed by atoms with Crippen LogP contribution >= 0.6 is 15.9 Å². The number of rotatable bonds is 2. The maximum absolute atomic E-state index is 4.16. The third-order valence-electron chi connectivity index (χ3n) is 2.92. The van der Waals surface area contributed by atoms with Crippen molar-refractivity contribution in [2.24, 2.45) is 0 Å². The SMILES string of the molecule is Cc1ccc(/C=C(\Br)n2nnc3ccccc32)cc1. The minimum absolute atomic E-state index is 0.866. The maximum atomic E-state index is 4.16. The van der Waals surface area contributed by atoms with Crippen LogP contribution in [0.1, 0.15) is 11.1 Å². The van der Waals surface area contributed by atoms with Crippen molar-refractivity contribution >= 4 is 37.6 Å². The topological polar surface area (TPSA) is 30.7 Å².